The lowest BCUT2D eigenvalue weighted by atomic mass is 9.90. The lowest BCUT2D eigenvalue weighted by molar-refractivity contribution is 0.0337. The van der Waals surface area contributed by atoms with E-state index in [0.29, 0.717) is 42.0 Å². The van der Waals surface area contributed by atoms with Gasteiger partial charge in [-0.05, 0) is 35.2 Å². The quantitative estimate of drug-likeness (QED) is 0.307. The number of hydrogen-bond acceptors (Lipinski definition) is 6. The first kappa shape index (κ1) is 27.1. The number of pyridine rings is 2. The number of nitrogens with one attached hydrogen (secondary N) is 1. The number of nitrogens with zero attached hydrogens (tertiary/aromatic N) is 4. The number of rotatable bonds is 6. The van der Waals surface area contributed by atoms with Crippen LogP contribution in [0.4, 0.5) is 10.2 Å². The van der Waals surface area contributed by atoms with Gasteiger partial charge in [0.05, 0.1) is 35.1 Å². The molecule has 40 heavy (non-hydrogen) atoms. The number of morpholine rings is 1. The van der Waals surface area contributed by atoms with Crippen LogP contribution in [0.1, 0.15) is 31.0 Å². The molecular formula is C32H35ClFN5O. The number of benzene rings is 2. The zero-order chi connectivity index (χ0) is 27.6. The number of hydrogen-bond donors (Lipinski definition) is 1. The molecule has 4 aromatic rings. The molecule has 2 aromatic heterocycles. The number of fused-ring (bicyclic) bond motifs is 1. The summed E-state index contributed by atoms with van der Waals surface area (Å²) in [6, 6.07) is 17.1. The van der Waals surface area contributed by atoms with E-state index in [1.54, 1.807) is 12.1 Å². The van der Waals surface area contributed by atoms with Crippen molar-refractivity contribution in [2.45, 2.75) is 26.3 Å². The number of piperazine rings is 1. The average Bonchev–Trinajstić information content (AvgIpc) is 2.98. The van der Waals surface area contributed by atoms with Crippen molar-refractivity contribution in [3.05, 3.63) is 76.7 Å². The molecule has 2 aromatic carbocycles. The molecule has 1 N–H and O–H groups in total. The third-order valence-electron chi connectivity index (χ3n) is 7.86. The molecule has 0 bridgehead atoms. The molecule has 0 radical (unpaired) electrons. The molecule has 6 rings (SSSR count). The Morgan fingerprint density at radius 3 is 2.38 bits per heavy atom. The van der Waals surface area contributed by atoms with Gasteiger partial charge in [0.25, 0.3) is 0 Å². The fraction of sp³-hybridized carbons (Fsp3) is 0.375. The molecule has 2 fully saturated rings. The van der Waals surface area contributed by atoms with E-state index in [2.05, 4.69) is 53.2 Å². The van der Waals surface area contributed by atoms with Gasteiger partial charge in [0, 0.05) is 62.3 Å². The van der Waals surface area contributed by atoms with Gasteiger partial charge >= 0.3 is 0 Å². The summed E-state index contributed by atoms with van der Waals surface area (Å²) in [5.74, 6) is 0.846. The van der Waals surface area contributed by atoms with Crippen molar-refractivity contribution in [1.82, 2.24) is 20.2 Å². The molecule has 0 atom stereocenters. The van der Waals surface area contributed by atoms with Crippen molar-refractivity contribution >= 4 is 28.3 Å². The highest BCUT2D eigenvalue weighted by Crippen LogP contribution is 2.42. The van der Waals surface area contributed by atoms with E-state index in [9.17, 15) is 0 Å². The van der Waals surface area contributed by atoms with Crippen LogP contribution in [0, 0.1) is 5.82 Å². The normalized spacial score (nSPS) is 16.7. The molecule has 2 aliphatic rings. The minimum Gasteiger partial charge on any atom is -0.379 e. The Kier molecular flexibility index (Phi) is 7.98. The van der Waals surface area contributed by atoms with Crippen LogP contribution < -0.4 is 10.2 Å². The second-order valence-corrected chi connectivity index (χ2v) is 11.2. The Bertz CT molecular complexity index is 1520. The van der Waals surface area contributed by atoms with Crippen LogP contribution in [0.25, 0.3) is 33.3 Å². The second-order valence-electron chi connectivity index (χ2n) is 10.8. The predicted molar refractivity (Wildman–Crippen MR) is 161 cm³/mol. The van der Waals surface area contributed by atoms with Gasteiger partial charge in [0.1, 0.15) is 11.6 Å². The molecule has 0 aliphatic carbocycles. The molecule has 6 nitrogen and oxygen atoms in total. The Morgan fingerprint density at radius 1 is 0.950 bits per heavy atom. The van der Waals surface area contributed by atoms with Gasteiger partial charge in [-0.1, -0.05) is 61.8 Å². The Morgan fingerprint density at radius 2 is 1.65 bits per heavy atom. The SMILES string of the molecule is CC(C)c1ccccc1-c1c(CN2CCOCC2)nc(N2CCNCC2)c2cc(Cl)c(-c3ccccc3F)nc12. The van der Waals surface area contributed by atoms with E-state index in [1.165, 1.54) is 11.6 Å². The smallest absolute Gasteiger partial charge is 0.138 e. The fourth-order valence-electron chi connectivity index (χ4n) is 5.79. The maximum Gasteiger partial charge on any atom is 0.138 e. The molecule has 2 aliphatic heterocycles. The summed E-state index contributed by atoms with van der Waals surface area (Å²) in [4.78, 5) is 15.3. The van der Waals surface area contributed by atoms with Crippen LogP contribution in [0.3, 0.4) is 0 Å². The first-order chi connectivity index (χ1) is 19.5. The van der Waals surface area contributed by atoms with Crippen molar-refractivity contribution in [3.8, 4) is 22.4 Å². The van der Waals surface area contributed by atoms with Crippen LogP contribution >= 0.6 is 11.6 Å². The lowest BCUT2D eigenvalue weighted by Crippen LogP contribution is -2.44. The van der Waals surface area contributed by atoms with Gasteiger partial charge in [-0.2, -0.15) is 0 Å². The highest BCUT2D eigenvalue weighted by molar-refractivity contribution is 6.34. The van der Waals surface area contributed by atoms with Crippen LogP contribution in [-0.4, -0.2) is 67.4 Å². The van der Waals surface area contributed by atoms with E-state index in [4.69, 9.17) is 26.3 Å². The van der Waals surface area contributed by atoms with Gasteiger partial charge in [-0.25, -0.2) is 14.4 Å². The Hall–Kier alpha value is -3.10. The van der Waals surface area contributed by atoms with Crippen molar-refractivity contribution in [2.75, 3.05) is 57.4 Å². The molecule has 0 unspecified atom stereocenters. The van der Waals surface area contributed by atoms with E-state index < -0.39 is 0 Å². The third kappa shape index (κ3) is 5.31. The zero-order valence-corrected chi connectivity index (χ0v) is 23.8. The van der Waals surface area contributed by atoms with Crippen LogP contribution in [0.5, 0.6) is 0 Å². The number of anilines is 1. The monoisotopic (exact) mass is 559 g/mol. The van der Waals surface area contributed by atoms with E-state index in [0.717, 1.165) is 72.8 Å². The number of aromatic nitrogens is 2. The van der Waals surface area contributed by atoms with E-state index in [-0.39, 0.29) is 5.82 Å². The minimum atomic E-state index is -0.342. The molecule has 0 saturated carbocycles. The van der Waals surface area contributed by atoms with Gasteiger partial charge < -0.3 is 15.0 Å². The molecule has 0 spiro atoms. The first-order valence-electron chi connectivity index (χ1n) is 14.1. The first-order valence-corrected chi connectivity index (χ1v) is 14.5. The molecule has 4 heterocycles. The van der Waals surface area contributed by atoms with Gasteiger partial charge in [-0.3, -0.25) is 4.90 Å². The highest BCUT2D eigenvalue weighted by atomic mass is 35.5. The van der Waals surface area contributed by atoms with Crippen molar-refractivity contribution in [1.29, 1.82) is 0 Å². The molecule has 0 amide bonds. The molecule has 8 heteroatoms. The van der Waals surface area contributed by atoms with Crippen molar-refractivity contribution < 1.29 is 9.13 Å². The van der Waals surface area contributed by atoms with Crippen LogP contribution in [0.2, 0.25) is 5.02 Å². The molecule has 208 valence electrons. The van der Waals surface area contributed by atoms with Crippen LogP contribution in [0.15, 0.2) is 54.6 Å². The summed E-state index contributed by atoms with van der Waals surface area (Å²) in [6.45, 7) is 11.7. The highest BCUT2D eigenvalue weighted by Gasteiger charge is 2.26. The zero-order valence-electron chi connectivity index (χ0n) is 23.1. The molecular weight excluding hydrogens is 525 g/mol. The van der Waals surface area contributed by atoms with Crippen LogP contribution in [-0.2, 0) is 11.3 Å². The topological polar surface area (TPSA) is 53.5 Å². The minimum absolute atomic E-state index is 0.300. The predicted octanol–water partition coefficient (Wildman–Crippen LogP) is 6.12. The number of ether oxygens (including phenoxy) is 1. The van der Waals surface area contributed by atoms with Gasteiger partial charge in [0.15, 0.2) is 0 Å². The Labute approximate surface area is 240 Å². The third-order valence-corrected chi connectivity index (χ3v) is 8.15. The van der Waals surface area contributed by atoms with E-state index in [1.807, 2.05) is 12.1 Å². The Balaban J connectivity index is 1.67. The fourth-order valence-corrected chi connectivity index (χ4v) is 6.04. The number of halogens is 2. The summed E-state index contributed by atoms with van der Waals surface area (Å²) in [5.41, 5.74) is 5.97. The summed E-state index contributed by atoms with van der Waals surface area (Å²) in [7, 11) is 0. The summed E-state index contributed by atoms with van der Waals surface area (Å²) in [5, 5.41) is 4.75. The van der Waals surface area contributed by atoms with Crippen molar-refractivity contribution in [3.63, 3.8) is 0 Å². The molecule has 2 saturated heterocycles. The summed E-state index contributed by atoms with van der Waals surface area (Å²) < 4.78 is 20.7. The van der Waals surface area contributed by atoms with Gasteiger partial charge in [-0.15, -0.1) is 0 Å². The maximum absolute atomic E-state index is 15.1. The van der Waals surface area contributed by atoms with Gasteiger partial charge in [0.2, 0.25) is 0 Å². The van der Waals surface area contributed by atoms with Crippen molar-refractivity contribution in [2.24, 2.45) is 0 Å². The summed E-state index contributed by atoms with van der Waals surface area (Å²) >= 11 is 6.89. The second kappa shape index (κ2) is 11.8. The largest absolute Gasteiger partial charge is 0.379 e. The summed E-state index contributed by atoms with van der Waals surface area (Å²) in [6.07, 6.45) is 0. The average molecular weight is 560 g/mol. The maximum atomic E-state index is 15.1. The van der Waals surface area contributed by atoms with E-state index >= 15 is 4.39 Å². The lowest BCUT2D eigenvalue weighted by Gasteiger charge is -2.32. The standard InChI is InChI=1S/C32H35ClFN5O/c1-21(2)22-7-3-4-8-23(22)29-28(20-38-15-17-40-18-16-38)36-32(39-13-11-35-12-14-39)25-19-26(33)30(37-31(25)29)24-9-5-6-10-27(24)34/h3-10,19,21,35H,11-18,20H2,1-2H3.